The van der Waals surface area contributed by atoms with Gasteiger partial charge in [0.1, 0.15) is 0 Å². The van der Waals surface area contributed by atoms with Gasteiger partial charge in [-0.1, -0.05) is 40.8 Å². The summed E-state index contributed by atoms with van der Waals surface area (Å²) in [5.74, 6) is 8.55. The van der Waals surface area contributed by atoms with Crippen molar-refractivity contribution in [1.29, 1.82) is 0 Å². The third-order valence-electron chi connectivity index (χ3n) is 13.9. The normalized spacial score (nSPS) is 40.5. The van der Waals surface area contributed by atoms with Gasteiger partial charge < -0.3 is 0 Å². The minimum Gasteiger partial charge on any atom is -0.261 e. The Labute approximate surface area is 274 Å². The summed E-state index contributed by atoms with van der Waals surface area (Å²) in [6.45, 7) is 7.25. The monoisotopic (exact) mass is 638 g/mol. The van der Waals surface area contributed by atoms with E-state index in [1.807, 2.05) is 24.8 Å². The lowest BCUT2D eigenvalue weighted by Gasteiger charge is -2.62. The first-order chi connectivity index (χ1) is 21.7. The maximum atomic E-state index is 4.96. The van der Waals surface area contributed by atoms with Crippen molar-refractivity contribution >= 4 is 17.2 Å². The Morgan fingerprint density at radius 2 is 1.09 bits per heavy atom. The molecule has 0 aromatic carbocycles. The molecule has 11 rings (SSSR count). The zero-order chi connectivity index (χ0) is 30.5. The molecule has 8 saturated carbocycles. The standard InChI is InChI=1S/C39H52N4P2/c1-38(2,3)32-18-31(33(19-32)39(44,34-20-40-4-6-42-34)35-21-41-5-7-43-35)22-45(36-27-10-23-8-24(12-27)13-28(36)11-23)37-29-14-25-9-26(16-29)17-30(37)15-25/h4-7,18-21,23-30,32,36-37H,8-17,22,44H2,1-3H3. The molecule has 0 N–H and O–H groups in total. The predicted octanol–water partition coefficient (Wildman–Crippen LogP) is 9.05. The first-order valence-electron chi connectivity index (χ1n) is 18.2. The fourth-order valence-electron chi connectivity index (χ4n) is 12.6. The summed E-state index contributed by atoms with van der Waals surface area (Å²) in [4.78, 5) is 19.1. The van der Waals surface area contributed by atoms with Crippen LogP contribution in [0.5, 0.6) is 0 Å². The SMILES string of the molecule is CC(C)(C)C1C=C(CP(C2C3CC4CC(C3)CC2C4)C2C3CC4CC(C3)CC2C4)C(C(P)(c2cnccn2)c2cnccn2)=C1. The largest absolute Gasteiger partial charge is 0.261 e. The lowest BCUT2D eigenvalue weighted by atomic mass is 9.55. The molecule has 2 aromatic heterocycles. The maximum Gasteiger partial charge on any atom is 0.0964 e. The van der Waals surface area contributed by atoms with Crippen molar-refractivity contribution in [2.45, 2.75) is 101 Å². The first kappa shape index (κ1) is 29.6. The van der Waals surface area contributed by atoms with Crippen LogP contribution >= 0.6 is 17.2 Å². The van der Waals surface area contributed by atoms with E-state index >= 15 is 0 Å². The van der Waals surface area contributed by atoms with E-state index in [1.54, 1.807) is 82.2 Å². The van der Waals surface area contributed by atoms with Crippen LogP contribution in [0.25, 0.3) is 0 Å². The molecular weight excluding hydrogens is 586 g/mol. The highest BCUT2D eigenvalue weighted by Crippen LogP contribution is 2.72. The van der Waals surface area contributed by atoms with Crippen molar-refractivity contribution in [2.75, 3.05) is 6.16 Å². The van der Waals surface area contributed by atoms with Gasteiger partial charge in [0.2, 0.25) is 0 Å². The molecule has 0 aliphatic heterocycles. The number of rotatable bonds is 7. The van der Waals surface area contributed by atoms with Crippen molar-refractivity contribution in [3.8, 4) is 0 Å². The summed E-state index contributed by atoms with van der Waals surface area (Å²) in [5, 5.41) is -0.566. The quantitative estimate of drug-likeness (QED) is 0.284. The third kappa shape index (κ3) is 4.96. The number of hydrogen-bond acceptors (Lipinski definition) is 4. The van der Waals surface area contributed by atoms with Crippen LogP contribution in [-0.4, -0.2) is 37.4 Å². The minimum absolute atomic E-state index is 0.128. The highest BCUT2D eigenvalue weighted by Gasteiger charge is 2.57. The topological polar surface area (TPSA) is 51.6 Å². The fraction of sp³-hybridized carbons (Fsp3) is 0.692. The molecule has 4 nitrogen and oxygen atoms in total. The van der Waals surface area contributed by atoms with E-state index < -0.39 is 5.16 Å². The Balaban J connectivity index is 1.15. The van der Waals surface area contributed by atoms with E-state index in [1.165, 1.54) is 11.7 Å². The Morgan fingerprint density at radius 1 is 0.644 bits per heavy atom. The summed E-state index contributed by atoms with van der Waals surface area (Å²) in [7, 11) is 3.12. The van der Waals surface area contributed by atoms with Gasteiger partial charge in [-0.15, -0.1) is 9.24 Å². The van der Waals surface area contributed by atoms with E-state index in [2.05, 4.69) is 52.1 Å². The molecule has 8 bridgehead atoms. The zero-order valence-electron chi connectivity index (χ0n) is 27.6. The molecule has 45 heavy (non-hydrogen) atoms. The van der Waals surface area contributed by atoms with Crippen LogP contribution in [0, 0.1) is 58.7 Å². The van der Waals surface area contributed by atoms with Gasteiger partial charge in [0.05, 0.1) is 28.9 Å². The molecule has 0 saturated heterocycles. The van der Waals surface area contributed by atoms with E-state index in [0.717, 1.165) is 70.0 Å². The highest BCUT2D eigenvalue weighted by molar-refractivity contribution is 7.59. The second-order valence-corrected chi connectivity index (χ2v) is 21.1. The Morgan fingerprint density at radius 3 is 1.47 bits per heavy atom. The summed E-state index contributed by atoms with van der Waals surface area (Å²) >= 11 is 0. The van der Waals surface area contributed by atoms with Crippen molar-refractivity contribution in [2.24, 2.45) is 58.7 Å². The van der Waals surface area contributed by atoms with Gasteiger partial charge in [-0.05, 0) is 146 Å². The number of allylic oxidation sites excluding steroid dienone is 4. The Bertz CT molecular complexity index is 1340. The number of hydrogen-bond donors (Lipinski definition) is 0. The van der Waals surface area contributed by atoms with E-state index in [-0.39, 0.29) is 13.3 Å². The maximum absolute atomic E-state index is 4.96. The molecule has 9 aliphatic rings. The summed E-state index contributed by atoms with van der Waals surface area (Å²) < 4.78 is 0. The molecule has 9 aliphatic carbocycles. The molecule has 0 spiro atoms. The van der Waals surface area contributed by atoms with Crippen molar-refractivity contribution in [1.82, 2.24) is 19.9 Å². The number of nitrogens with zero attached hydrogens (tertiary/aromatic N) is 4. The van der Waals surface area contributed by atoms with Crippen molar-refractivity contribution < 1.29 is 0 Å². The zero-order valence-corrected chi connectivity index (χ0v) is 29.6. The van der Waals surface area contributed by atoms with Crippen LogP contribution in [0.4, 0.5) is 0 Å². The third-order valence-corrected chi connectivity index (χ3v) is 18.7. The smallest absolute Gasteiger partial charge is 0.0964 e. The molecule has 0 radical (unpaired) electrons. The minimum atomic E-state index is -0.566. The second-order valence-electron chi connectivity index (χ2n) is 17.7. The van der Waals surface area contributed by atoms with E-state index in [0.29, 0.717) is 5.92 Å². The van der Waals surface area contributed by atoms with E-state index in [4.69, 9.17) is 9.97 Å². The first-order valence-corrected chi connectivity index (χ1v) is 20.5. The highest BCUT2D eigenvalue weighted by atomic mass is 31.1. The van der Waals surface area contributed by atoms with Crippen LogP contribution in [0.2, 0.25) is 0 Å². The van der Waals surface area contributed by atoms with Gasteiger partial charge in [0.25, 0.3) is 0 Å². The molecule has 2 atom stereocenters. The average Bonchev–Trinajstić information content (AvgIpc) is 3.46. The van der Waals surface area contributed by atoms with Gasteiger partial charge in [-0.25, -0.2) is 0 Å². The van der Waals surface area contributed by atoms with Crippen molar-refractivity contribution in [3.63, 3.8) is 0 Å². The van der Waals surface area contributed by atoms with Gasteiger partial charge in [-0.2, -0.15) is 0 Å². The van der Waals surface area contributed by atoms with Gasteiger partial charge in [0, 0.05) is 30.7 Å². The fourth-order valence-corrected chi connectivity index (χ4v) is 17.8. The van der Waals surface area contributed by atoms with Crippen molar-refractivity contribution in [3.05, 3.63) is 71.9 Å². The van der Waals surface area contributed by atoms with Crippen LogP contribution in [0.15, 0.2) is 60.5 Å². The van der Waals surface area contributed by atoms with Gasteiger partial charge in [0.15, 0.2) is 0 Å². The van der Waals surface area contributed by atoms with Crippen LogP contribution in [0.3, 0.4) is 0 Å². The molecule has 6 heteroatoms. The summed E-state index contributed by atoms with van der Waals surface area (Å²) in [5.41, 5.74) is 7.04. The number of aromatic nitrogens is 4. The average molecular weight is 639 g/mol. The Hall–Kier alpha value is -1.50. The Kier molecular flexibility index (Phi) is 7.25. The predicted molar refractivity (Wildman–Crippen MR) is 187 cm³/mol. The summed E-state index contributed by atoms with van der Waals surface area (Å²) in [6, 6.07) is 0. The van der Waals surface area contributed by atoms with E-state index in [9.17, 15) is 0 Å². The second kappa shape index (κ2) is 11.0. The molecule has 2 aromatic rings. The lowest BCUT2D eigenvalue weighted by molar-refractivity contribution is 0.0131. The molecular formula is C39H52N4P2. The molecule has 0 amide bonds. The lowest BCUT2D eigenvalue weighted by Crippen LogP contribution is -2.53. The van der Waals surface area contributed by atoms with Crippen LogP contribution in [0.1, 0.15) is 96.4 Å². The van der Waals surface area contributed by atoms with Gasteiger partial charge >= 0.3 is 0 Å². The summed E-state index contributed by atoms with van der Waals surface area (Å²) in [6.07, 6.45) is 33.3. The molecule has 238 valence electrons. The van der Waals surface area contributed by atoms with Crippen LogP contribution in [-0.2, 0) is 5.16 Å². The molecule has 2 heterocycles. The molecule has 2 unspecified atom stereocenters. The molecule has 8 fully saturated rings. The van der Waals surface area contributed by atoms with Gasteiger partial charge in [-0.3, -0.25) is 19.9 Å². The van der Waals surface area contributed by atoms with Crippen LogP contribution < -0.4 is 0 Å².